The van der Waals surface area contributed by atoms with E-state index in [4.69, 9.17) is 9.47 Å². The van der Waals surface area contributed by atoms with Gasteiger partial charge >= 0.3 is 12.1 Å². The zero-order valence-corrected chi connectivity index (χ0v) is 25.4. The van der Waals surface area contributed by atoms with Gasteiger partial charge in [-0.2, -0.15) is 0 Å². The molecule has 2 fully saturated rings. The summed E-state index contributed by atoms with van der Waals surface area (Å²) in [5.74, 6) is 6.26. The molecule has 1 amide bonds. The van der Waals surface area contributed by atoms with Gasteiger partial charge in [0.05, 0.1) is 40.3 Å². The zero-order chi connectivity index (χ0) is 30.6. The van der Waals surface area contributed by atoms with Gasteiger partial charge in [0.15, 0.2) is 5.82 Å². The van der Waals surface area contributed by atoms with Crippen LogP contribution in [0.1, 0.15) is 16.9 Å². The first-order valence-corrected chi connectivity index (χ1v) is 15.9. The number of nitrogens with one attached hydrogen (secondary N) is 2. The lowest BCUT2D eigenvalue weighted by Gasteiger charge is -2.25. The highest BCUT2D eigenvalue weighted by molar-refractivity contribution is 7.20. The van der Waals surface area contributed by atoms with Crippen molar-refractivity contribution < 1.29 is 19.1 Å². The Morgan fingerprint density at radius 2 is 1.96 bits per heavy atom. The van der Waals surface area contributed by atoms with Gasteiger partial charge in [0, 0.05) is 49.0 Å². The number of thiophene rings is 1. The molecule has 5 heterocycles. The minimum absolute atomic E-state index is 0.179. The highest BCUT2D eigenvalue weighted by Crippen LogP contribution is 2.31. The molecule has 45 heavy (non-hydrogen) atoms. The van der Waals surface area contributed by atoms with Crippen molar-refractivity contribution in [2.75, 3.05) is 38.2 Å². The average molecular weight is 621 g/mol. The Balaban J connectivity index is 0.987. The predicted octanol–water partition coefficient (Wildman–Crippen LogP) is 4.96. The van der Waals surface area contributed by atoms with Crippen molar-refractivity contribution in [1.29, 1.82) is 0 Å². The number of hydrogen-bond donors (Lipinski definition) is 2. The summed E-state index contributed by atoms with van der Waals surface area (Å²) >= 11 is 1.53. The fourth-order valence-electron chi connectivity index (χ4n) is 5.67. The van der Waals surface area contributed by atoms with Crippen LogP contribution >= 0.6 is 11.3 Å². The SMILES string of the molecule is O=C(OC(=O)N1CCOCC1)[C@H]1CN[C@H](C#Cc2cc3ncnc(Nc4ccc5c(ccn5CCc5ccccc5)c4)c3s2)C1. The molecule has 2 aliphatic heterocycles. The fourth-order valence-corrected chi connectivity index (χ4v) is 6.59. The highest BCUT2D eigenvalue weighted by atomic mass is 32.1. The van der Waals surface area contributed by atoms with Crippen molar-refractivity contribution in [1.82, 2.24) is 24.8 Å². The smallest absolute Gasteiger partial charge is 0.378 e. The van der Waals surface area contributed by atoms with Crippen molar-refractivity contribution >= 4 is 56.0 Å². The van der Waals surface area contributed by atoms with Crippen LogP contribution in [-0.2, 0) is 27.2 Å². The molecule has 2 aliphatic rings. The Bertz CT molecular complexity index is 1900. The number of ether oxygens (including phenoxy) is 2. The van der Waals surface area contributed by atoms with E-state index in [2.05, 4.69) is 91.7 Å². The van der Waals surface area contributed by atoms with Crippen LogP contribution in [0.15, 0.2) is 73.2 Å². The molecule has 5 aromatic rings. The largest absolute Gasteiger partial charge is 0.417 e. The lowest BCUT2D eigenvalue weighted by Crippen LogP contribution is -2.42. The van der Waals surface area contributed by atoms with Gasteiger partial charge in [-0.05, 0) is 48.7 Å². The zero-order valence-electron chi connectivity index (χ0n) is 24.6. The van der Waals surface area contributed by atoms with Gasteiger partial charge in [0.25, 0.3) is 0 Å². The second-order valence-electron chi connectivity index (χ2n) is 11.1. The average Bonchev–Trinajstić information content (AvgIpc) is 3.82. The molecule has 3 aromatic heterocycles. The summed E-state index contributed by atoms with van der Waals surface area (Å²) in [6.07, 6.45) is 4.55. The molecule has 2 aromatic carbocycles. The summed E-state index contributed by atoms with van der Waals surface area (Å²) in [6, 6.07) is 20.8. The van der Waals surface area contributed by atoms with Crippen LogP contribution in [-0.4, -0.2) is 70.4 Å². The van der Waals surface area contributed by atoms with Crippen LogP contribution in [0.5, 0.6) is 0 Å². The number of carbonyl (C=O) groups excluding carboxylic acids is 2. The van der Waals surface area contributed by atoms with Crippen LogP contribution in [0, 0.1) is 17.8 Å². The van der Waals surface area contributed by atoms with Crippen LogP contribution in [0.4, 0.5) is 16.3 Å². The van der Waals surface area contributed by atoms with Crippen molar-refractivity contribution in [3.05, 3.63) is 83.6 Å². The summed E-state index contributed by atoms with van der Waals surface area (Å²) in [4.78, 5) is 36.2. The number of carbonyl (C=O) groups is 2. The van der Waals surface area contributed by atoms with Crippen molar-refractivity contribution in [3.63, 3.8) is 0 Å². The van der Waals surface area contributed by atoms with Gasteiger partial charge in [0.2, 0.25) is 0 Å². The van der Waals surface area contributed by atoms with Gasteiger partial charge in [0.1, 0.15) is 6.33 Å². The van der Waals surface area contributed by atoms with Gasteiger partial charge in [-0.3, -0.25) is 4.79 Å². The number of nitrogens with zero attached hydrogens (tertiary/aromatic N) is 4. The van der Waals surface area contributed by atoms with Gasteiger partial charge in [-0.15, -0.1) is 11.3 Å². The molecule has 0 bridgehead atoms. The molecule has 0 spiro atoms. The molecule has 2 saturated heterocycles. The number of aromatic nitrogens is 3. The van der Waals surface area contributed by atoms with E-state index in [1.54, 1.807) is 6.33 Å². The van der Waals surface area contributed by atoms with E-state index in [1.807, 2.05) is 12.1 Å². The third-order valence-corrected chi connectivity index (χ3v) is 9.17. The van der Waals surface area contributed by atoms with Gasteiger partial charge < -0.3 is 29.6 Å². The molecule has 228 valence electrons. The number of benzene rings is 2. The molecule has 11 heteroatoms. The van der Waals surface area contributed by atoms with Gasteiger partial charge in [-0.25, -0.2) is 14.8 Å². The highest BCUT2D eigenvalue weighted by Gasteiger charge is 2.32. The molecular formula is C34H32N6O4S. The number of anilines is 2. The summed E-state index contributed by atoms with van der Waals surface area (Å²) in [7, 11) is 0. The predicted molar refractivity (Wildman–Crippen MR) is 173 cm³/mol. The summed E-state index contributed by atoms with van der Waals surface area (Å²) in [5.41, 5.74) is 4.28. The fraction of sp³-hybridized carbons (Fsp3) is 0.294. The molecule has 0 saturated carbocycles. The molecule has 2 N–H and O–H groups in total. The van der Waals surface area contributed by atoms with E-state index < -0.39 is 18.0 Å². The molecule has 2 atom stereocenters. The maximum atomic E-state index is 12.6. The third kappa shape index (κ3) is 6.68. The molecule has 0 unspecified atom stereocenters. The van der Waals surface area contributed by atoms with E-state index in [0.29, 0.717) is 39.3 Å². The van der Waals surface area contributed by atoms with E-state index in [9.17, 15) is 9.59 Å². The first-order valence-electron chi connectivity index (χ1n) is 15.1. The van der Waals surface area contributed by atoms with E-state index in [-0.39, 0.29) is 6.04 Å². The summed E-state index contributed by atoms with van der Waals surface area (Å²) in [5, 5.41) is 7.90. The van der Waals surface area contributed by atoms with E-state index in [1.165, 1.54) is 27.3 Å². The Labute approximate surface area is 264 Å². The number of esters is 1. The topological polar surface area (TPSA) is 111 Å². The van der Waals surface area contributed by atoms with Crippen molar-refractivity contribution in [3.8, 4) is 11.8 Å². The summed E-state index contributed by atoms with van der Waals surface area (Å²) in [6.45, 7) is 3.10. The Morgan fingerprint density at radius 1 is 1.09 bits per heavy atom. The van der Waals surface area contributed by atoms with E-state index in [0.717, 1.165) is 45.0 Å². The minimum atomic E-state index is -0.606. The second kappa shape index (κ2) is 13.1. The molecule has 0 aliphatic carbocycles. The minimum Gasteiger partial charge on any atom is -0.378 e. The number of hydrogen-bond acceptors (Lipinski definition) is 9. The molecule has 7 rings (SSSR count). The molecular weight excluding hydrogens is 588 g/mol. The quantitative estimate of drug-likeness (QED) is 0.156. The molecule has 0 radical (unpaired) electrons. The van der Waals surface area contributed by atoms with E-state index >= 15 is 0 Å². The number of aryl methyl sites for hydroxylation is 2. The summed E-state index contributed by atoms with van der Waals surface area (Å²) < 4.78 is 13.6. The number of morpholine rings is 1. The normalized spacial score (nSPS) is 18.1. The standard InChI is InChI=1S/C34H32N6O4S/c41-33(44-34(42)40-14-16-43-17-15-40)25-19-26(35-21-25)6-8-28-20-29-31(45-28)32(37-22-36-29)38-27-7-9-30-24(18-27)11-13-39(30)12-10-23-4-2-1-3-5-23/h1-5,7,9,11,13,18,20,22,25-26,35H,10,12,14-17,19,21H2,(H,36,37,38)/t25-,26-/m1/s1. The maximum absolute atomic E-state index is 12.6. The van der Waals surface area contributed by atoms with Gasteiger partial charge in [-0.1, -0.05) is 42.2 Å². The van der Waals surface area contributed by atoms with Crippen molar-refractivity contribution in [2.24, 2.45) is 5.92 Å². The van der Waals surface area contributed by atoms with Crippen LogP contribution in [0.3, 0.4) is 0 Å². The Kier molecular flexibility index (Phi) is 8.42. The number of amides is 1. The Morgan fingerprint density at radius 3 is 2.82 bits per heavy atom. The number of fused-ring (bicyclic) bond motifs is 2. The molecule has 10 nitrogen and oxygen atoms in total. The third-order valence-electron chi connectivity index (χ3n) is 8.12. The lowest BCUT2D eigenvalue weighted by atomic mass is 10.1. The number of rotatable bonds is 6. The Hall–Kier alpha value is -4.76. The first kappa shape index (κ1) is 29.0. The van der Waals surface area contributed by atoms with Crippen molar-refractivity contribution in [2.45, 2.75) is 25.4 Å². The first-order chi connectivity index (χ1) is 22.1. The van der Waals surface area contributed by atoms with Crippen LogP contribution < -0.4 is 10.6 Å². The van der Waals surface area contributed by atoms with Crippen LogP contribution in [0.2, 0.25) is 0 Å². The second-order valence-corrected chi connectivity index (χ2v) is 12.2. The van der Waals surface area contributed by atoms with Crippen LogP contribution in [0.25, 0.3) is 21.1 Å². The lowest BCUT2D eigenvalue weighted by molar-refractivity contribution is -0.142. The monoisotopic (exact) mass is 620 g/mol. The maximum Gasteiger partial charge on any atom is 0.417 e.